The van der Waals surface area contributed by atoms with E-state index in [1.807, 2.05) is 13.0 Å². The first-order chi connectivity index (χ1) is 13.3. The van der Waals surface area contributed by atoms with Gasteiger partial charge in [-0.15, -0.1) is 0 Å². The summed E-state index contributed by atoms with van der Waals surface area (Å²) < 4.78 is 0. The molecule has 6 unspecified atom stereocenters. The van der Waals surface area contributed by atoms with Crippen LogP contribution in [0.2, 0.25) is 0 Å². The number of fused-ring (bicyclic) bond motifs is 3. The van der Waals surface area contributed by atoms with Gasteiger partial charge in [-0.25, -0.2) is 0 Å². The Morgan fingerprint density at radius 2 is 1.79 bits per heavy atom. The average molecular weight is 387 g/mol. The number of carbonyl (C=O) groups is 3. The summed E-state index contributed by atoms with van der Waals surface area (Å²) in [5.74, 6) is -3.97. The van der Waals surface area contributed by atoms with Crippen molar-refractivity contribution in [3.63, 3.8) is 0 Å². The van der Waals surface area contributed by atoms with Crippen LogP contribution >= 0.6 is 0 Å². The Balaban J connectivity index is 1.75. The molecule has 4 aliphatic carbocycles. The van der Waals surface area contributed by atoms with Crippen LogP contribution in [0.15, 0.2) is 34.3 Å². The Morgan fingerprint density at radius 1 is 1.11 bits per heavy atom. The van der Waals surface area contributed by atoms with E-state index in [0.29, 0.717) is 24.8 Å². The smallest absolute Gasteiger partial charge is 0.258 e. The third-order valence-electron chi connectivity index (χ3n) is 6.90. The maximum atomic E-state index is 13.2. The molecule has 2 saturated carbocycles. The van der Waals surface area contributed by atoms with Crippen LogP contribution in [0, 0.1) is 29.6 Å². The van der Waals surface area contributed by atoms with Gasteiger partial charge in [0.1, 0.15) is 17.1 Å². The molecule has 4 N–H and O–H groups in total. The molecule has 0 radical (unpaired) electrons. The Hall–Kier alpha value is -2.41. The number of carbonyl (C=O) groups excluding carboxylic acids is 3. The highest BCUT2D eigenvalue weighted by atomic mass is 16.3. The van der Waals surface area contributed by atoms with Crippen LogP contribution in [-0.4, -0.2) is 45.9 Å². The number of nitrogens with one attached hydrogen (secondary N) is 1. The van der Waals surface area contributed by atoms with E-state index in [1.165, 1.54) is 7.05 Å². The molecule has 0 aromatic heterocycles. The highest BCUT2D eigenvalue weighted by molar-refractivity contribution is 6.20. The predicted molar refractivity (Wildman–Crippen MR) is 99.1 cm³/mol. The van der Waals surface area contributed by atoms with Gasteiger partial charge >= 0.3 is 0 Å². The minimum absolute atomic E-state index is 0.0655. The van der Waals surface area contributed by atoms with Crippen LogP contribution in [0.4, 0.5) is 0 Å². The number of rotatable bonds is 1. The van der Waals surface area contributed by atoms with Gasteiger partial charge in [0.2, 0.25) is 0 Å². The summed E-state index contributed by atoms with van der Waals surface area (Å²) in [5.41, 5.74) is 0.804. The summed E-state index contributed by atoms with van der Waals surface area (Å²) >= 11 is 0. The van der Waals surface area contributed by atoms with Crippen LogP contribution < -0.4 is 5.32 Å². The zero-order chi connectivity index (χ0) is 20.3. The molecule has 0 spiro atoms. The normalized spacial score (nSPS) is 37.8. The van der Waals surface area contributed by atoms with Crippen molar-refractivity contribution in [3.8, 4) is 0 Å². The van der Waals surface area contributed by atoms with Crippen molar-refractivity contribution < 1.29 is 29.7 Å². The van der Waals surface area contributed by atoms with E-state index in [4.69, 9.17) is 0 Å². The zero-order valence-corrected chi connectivity index (χ0v) is 15.9. The lowest BCUT2D eigenvalue weighted by atomic mass is 9.56. The number of hydrogen-bond acceptors (Lipinski definition) is 6. The summed E-state index contributed by atoms with van der Waals surface area (Å²) in [5, 5.41) is 34.5. The number of aliphatic hydroxyl groups excluding tert-OH is 3. The second-order valence-corrected chi connectivity index (χ2v) is 8.46. The Bertz CT molecular complexity index is 866. The van der Waals surface area contributed by atoms with Gasteiger partial charge in [0, 0.05) is 25.3 Å². The first kappa shape index (κ1) is 18.9. The Morgan fingerprint density at radius 3 is 2.46 bits per heavy atom. The monoisotopic (exact) mass is 387 g/mol. The van der Waals surface area contributed by atoms with Crippen molar-refractivity contribution in [1.29, 1.82) is 0 Å². The molecule has 0 bridgehead atoms. The van der Waals surface area contributed by atoms with Crippen molar-refractivity contribution in [1.82, 2.24) is 5.32 Å². The molecular formula is C21H25NO6. The molecule has 7 heteroatoms. The van der Waals surface area contributed by atoms with Crippen molar-refractivity contribution in [2.45, 2.75) is 38.7 Å². The molecule has 6 atom stereocenters. The fraction of sp³-hybridized carbons (Fsp3) is 0.571. The highest BCUT2D eigenvalue weighted by Gasteiger charge is 2.55. The van der Waals surface area contributed by atoms with Crippen LogP contribution in [0.25, 0.3) is 0 Å². The molecule has 7 nitrogen and oxygen atoms in total. The molecule has 28 heavy (non-hydrogen) atoms. The van der Waals surface area contributed by atoms with Gasteiger partial charge in [0.05, 0.1) is 17.6 Å². The average Bonchev–Trinajstić information content (AvgIpc) is 2.63. The van der Waals surface area contributed by atoms with Gasteiger partial charge in [-0.1, -0.05) is 13.0 Å². The fourth-order valence-corrected chi connectivity index (χ4v) is 5.52. The molecule has 4 aliphatic rings. The Kier molecular flexibility index (Phi) is 4.45. The van der Waals surface area contributed by atoms with Crippen molar-refractivity contribution in [2.75, 3.05) is 7.05 Å². The highest BCUT2D eigenvalue weighted by Crippen LogP contribution is 2.52. The Labute approximate surface area is 162 Å². The minimum Gasteiger partial charge on any atom is -0.511 e. The number of amides is 1. The standard InChI is InChI=1S/C21H25NO6/c1-8-3-4-9-5-10-6-11-7-12(23)16(21(28)22-2)20(27)15(11)19(26)14(10)18(25)13(9)17(8)24/h4,8,10-11,14-15,19,24,26-27H,3,5-7H2,1-2H3,(H,22,28). The first-order valence-electron chi connectivity index (χ1n) is 9.79. The molecule has 0 heterocycles. The molecule has 1 amide bonds. The fourth-order valence-electron chi connectivity index (χ4n) is 5.52. The molecule has 0 aromatic carbocycles. The first-order valence-corrected chi connectivity index (χ1v) is 9.79. The lowest BCUT2D eigenvalue weighted by molar-refractivity contribution is -0.136. The lowest BCUT2D eigenvalue weighted by Crippen LogP contribution is -2.53. The van der Waals surface area contributed by atoms with E-state index in [2.05, 4.69) is 5.32 Å². The summed E-state index contributed by atoms with van der Waals surface area (Å²) in [4.78, 5) is 37.7. The molecule has 2 fully saturated rings. The largest absolute Gasteiger partial charge is 0.511 e. The van der Waals surface area contributed by atoms with E-state index >= 15 is 0 Å². The summed E-state index contributed by atoms with van der Waals surface area (Å²) in [6, 6.07) is 0. The summed E-state index contributed by atoms with van der Waals surface area (Å²) in [7, 11) is 1.37. The van der Waals surface area contributed by atoms with Gasteiger partial charge < -0.3 is 20.6 Å². The van der Waals surface area contributed by atoms with Crippen LogP contribution in [0.3, 0.4) is 0 Å². The van der Waals surface area contributed by atoms with E-state index in [9.17, 15) is 29.7 Å². The molecular weight excluding hydrogens is 362 g/mol. The lowest BCUT2D eigenvalue weighted by Gasteiger charge is -2.48. The van der Waals surface area contributed by atoms with Crippen molar-refractivity contribution in [2.24, 2.45) is 29.6 Å². The van der Waals surface area contributed by atoms with Gasteiger partial charge in [-0.05, 0) is 36.7 Å². The number of aliphatic hydroxyl groups is 3. The number of ketones is 2. The second kappa shape index (κ2) is 6.58. The van der Waals surface area contributed by atoms with Gasteiger partial charge in [-0.3, -0.25) is 14.4 Å². The molecule has 4 rings (SSSR count). The van der Waals surface area contributed by atoms with Gasteiger partial charge in [0.25, 0.3) is 5.91 Å². The van der Waals surface area contributed by atoms with Gasteiger partial charge in [0.15, 0.2) is 11.6 Å². The van der Waals surface area contributed by atoms with Crippen LogP contribution in [-0.2, 0) is 14.4 Å². The molecule has 0 saturated heterocycles. The maximum absolute atomic E-state index is 13.2. The molecule has 0 aliphatic heterocycles. The minimum atomic E-state index is -1.21. The molecule has 0 aromatic rings. The van der Waals surface area contributed by atoms with Crippen LogP contribution in [0.1, 0.15) is 32.6 Å². The topological polar surface area (TPSA) is 124 Å². The van der Waals surface area contributed by atoms with Crippen molar-refractivity contribution >= 4 is 17.5 Å². The number of allylic oxidation sites excluding steroid dienone is 4. The zero-order valence-electron chi connectivity index (χ0n) is 15.9. The quantitative estimate of drug-likeness (QED) is 0.506. The molecule has 150 valence electrons. The van der Waals surface area contributed by atoms with E-state index in [-0.39, 0.29) is 41.3 Å². The SMILES string of the molecule is CNC(=O)C1=C(O)C2C(CC1=O)CC1CC3=CCC(C)C(O)=C3C(=O)C1C2O. The summed E-state index contributed by atoms with van der Waals surface area (Å²) in [6.07, 6.45) is 2.58. The third kappa shape index (κ3) is 2.56. The van der Waals surface area contributed by atoms with Crippen molar-refractivity contribution in [3.05, 3.63) is 34.3 Å². The van der Waals surface area contributed by atoms with Gasteiger partial charge in [-0.2, -0.15) is 0 Å². The van der Waals surface area contributed by atoms with Crippen LogP contribution in [0.5, 0.6) is 0 Å². The van der Waals surface area contributed by atoms with E-state index in [1.54, 1.807) is 0 Å². The van der Waals surface area contributed by atoms with E-state index in [0.717, 1.165) is 5.57 Å². The number of hydrogen-bond donors (Lipinski definition) is 4. The number of likely N-dealkylation sites (N-methyl/N-ethyl adjacent to an activating group) is 1. The second-order valence-electron chi connectivity index (χ2n) is 8.46. The summed E-state index contributed by atoms with van der Waals surface area (Å²) in [6.45, 7) is 1.85. The third-order valence-corrected chi connectivity index (χ3v) is 6.90. The maximum Gasteiger partial charge on any atom is 0.258 e. The van der Waals surface area contributed by atoms with E-state index < -0.39 is 35.4 Å². The predicted octanol–water partition coefficient (Wildman–Crippen LogP) is 1.50. The number of Topliss-reactive ketones (excluding diaryl/α,β-unsaturated/α-hetero) is 2.